The fourth-order valence-corrected chi connectivity index (χ4v) is 3.20. The van der Waals surface area contributed by atoms with Crippen molar-refractivity contribution in [1.82, 2.24) is 0 Å². The van der Waals surface area contributed by atoms with Gasteiger partial charge in [0.25, 0.3) is 0 Å². The summed E-state index contributed by atoms with van der Waals surface area (Å²) in [7, 11) is 0. The van der Waals surface area contributed by atoms with Crippen LogP contribution in [0.5, 0.6) is 5.75 Å². The van der Waals surface area contributed by atoms with E-state index in [0.717, 1.165) is 21.5 Å². The van der Waals surface area contributed by atoms with Gasteiger partial charge in [0.15, 0.2) is 11.8 Å². The molecule has 4 rings (SSSR count). The van der Waals surface area contributed by atoms with E-state index >= 15 is 0 Å². The zero-order valence-electron chi connectivity index (χ0n) is 15.0. The van der Waals surface area contributed by atoms with Gasteiger partial charge in [-0.25, -0.2) is 4.79 Å². The third kappa shape index (κ3) is 3.48. The molecule has 0 aliphatic rings. The number of fused-ring (bicyclic) bond motifs is 2. The smallest absolute Gasteiger partial charge is 0.332 e. The average Bonchev–Trinajstić information content (AvgIpc) is 2.73. The van der Waals surface area contributed by atoms with Crippen LogP contribution in [0.25, 0.3) is 21.5 Å². The lowest BCUT2D eigenvalue weighted by Gasteiger charge is -2.29. The molecule has 1 atom stereocenters. The summed E-state index contributed by atoms with van der Waals surface area (Å²) in [6.07, 6.45) is 0. The maximum absolute atomic E-state index is 11.7. The Morgan fingerprint density at radius 3 is 2.00 bits per heavy atom. The quantitative estimate of drug-likeness (QED) is 0.495. The van der Waals surface area contributed by atoms with Crippen LogP contribution in [0.4, 0.5) is 5.69 Å². The van der Waals surface area contributed by atoms with Crippen LogP contribution in [-0.4, -0.2) is 28.8 Å². The molecule has 28 heavy (non-hydrogen) atoms. The van der Waals surface area contributed by atoms with E-state index in [1.165, 1.54) is 5.06 Å². The molecule has 0 bridgehead atoms. The Balaban J connectivity index is 1.76. The predicted octanol–water partition coefficient (Wildman–Crippen LogP) is 4.24. The minimum Gasteiger partial charge on any atom is -0.480 e. The van der Waals surface area contributed by atoms with Crippen LogP contribution in [0, 0.1) is 0 Å². The molecule has 5 nitrogen and oxygen atoms in total. The van der Waals surface area contributed by atoms with Gasteiger partial charge < -0.3 is 15.1 Å². The topological polar surface area (TPSA) is 70.0 Å². The second-order valence-corrected chi connectivity index (χ2v) is 6.49. The van der Waals surface area contributed by atoms with Crippen LogP contribution >= 0.6 is 0 Å². The molecule has 0 heterocycles. The largest absolute Gasteiger partial charge is 0.480 e. The van der Waals surface area contributed by atoms with Gasteiger partial charge in [-0.15, -0.1) is 0 Å². The van der Waals surface area contributed by atoms with Crippen LogP contribution < -0.4 is 9.90 Å². The Labute approximate surface area is 162 Å². The molecule has 0 saturated heterocycles. The maximum atomic E-state index is 11.7. The number of hydrogen-bond donors (Lipinski definition) is 2. The Hall–Kier alpha value is -3.57. The summed E-state index contributed by atoms with van der Waals surface area (Å²) >= 11 is 0. The van der Waals surface area contributed by atoms with E-state index in [4.69, 9.17) is 4.84 Å². The van der Waals surface area contributed by atoms with E-state index in [1.54, 1.807) is 12.1 Å². The van der Waals surface area contributed by atoms with Crippen LogP contribution in [0.3, 0.4) is 0 Å². The number of hydroxylamine groups is 1. The average molecular weight is 373 g/mol. The molecule has 2 N–H and O–H groups in total. The number of rotatable bonds is 6. The summed E-state index contributed by atoms with van der Waals surface area (Å²) in [6, 6.07) is 25.5. The van der Waals surface area contributed by atoms with Crippen molar-refractivity contribution < 1.29 is 19.8 Å². The molecule has 0 spiro atoms. The second kappa shape index (κ2) is 7.58. The number of aliphatic hydroxyl groups excluding tert-OH is 1. The number of anilines is 1. The second-order valence-electron chi connectivity index (χ2n) is 6.49. The Morgan fingerprint density at radius 2 is 1.39 bits per heavy atom. The molecular weight excluding hydrogens is 354 g/mol. The molecule has 0 unspecified atom stereocenters. The minimum atomic E-state index is -1.24. The predicted molar refractivity (Wildman–Crippen MR) is 110 cm³/mol. The van der Waals surface area contributed by atoms with Gasteiger partial charge in [-0.3, -0.25) is 0 Å². The monoisotopic (exact) mass is 373 g/mol. The van der Waals surface area contributed by atoms with Crippen molar-refractivity contribution in [2.45, 2.75) is 6.04 Å². The van der Waals surface area contributed by atoms with E-state index in [-0.39, 0.29) is 0 Å². The highest BCUT2D eigenvalue weighted by molar-refractivity contribution is 5.87. The van der Waals surface area contributed by atoms with Gasteiger partial charge in [0.2, 0.25) is 0 Å². The van der Waals surface area contributed by atoms with Crippen molar-refractivity contribution in [3.63, 3.8) is 0 Å². The molecule has 5 heteroatoms. The first-order valence-electron chi connectivity index (χ1n) is 8.94. The molecule has 0 aliphatic heterocycles. The molecule has 0 fully saturated rings. The van der Waals surface area contributed by atoms with Crippen molar-refractivity contribution in [2.24, 2.45) is 0 Å². The summed E-state index contributed by atoms with van der Waals surface area (Å²) in [5.74, 6) is -0.678. The van der Waals surface area contributed by atoms with Gasteiger partial charge in [-0.1, -0.05) is 60.7 Å². The van der Waals surface area contributed by atoms with E-state index in [1.807, 2.05) is 72.8 Å². The van der Waals surface area contributed by atoms with Gasteiger partial charge >= 0.3 is 5.97 Å². The molecule has 4 aromatic rings. The molecule has 0 amide bonds. The number of aliphatic hydroxyl groups is 1. The van der Waals surface area contributed by atoms with E-state index in [0.29, 0.717) is 11.4 Å². The lowest BCUT2D eigenvalue weighted by molar-refractivity contribution is -0.140. The molecule has 0 radical (unpaired) electrons. The van der Waals surface area contributed by atoms with Gasteiger partial charge in [-0.05, 0) is 45.8 Å². The number of carbonyl (C=O) groups is 1. The normalized spacial score (nSPS) is 12.0. The van der Waals surface area contributed by atoms with Crippen molar-refractivity contribution in [3.05, 3.63) is 84.9 Å². The molecule has 140 valence electrons. The Morgan fingerprint density at radius 1 is 0.821 bits per heavy atom. The fraction of sp³-hybridized carbons (Fsp3) is 0.0870. The summed E-state index contributed by atoms with van der Waals surface area (Å²) in [6.45, 7) is -0.588. The molecule has 0 saturated carbocycles. The first-order valence-corrected chi connectivity index (χ1v) is 8.94. The van der Waals surface area contributed by atoms with Gasteiger partial charge in [-0.2, -0.15) is 5.06 Å². The number of hydrogen-bond acceptors (Lipinski definition) is 4. The molecule has 4 aromatic carbocycles. The van der Waals surface area contributed by atoms with Crippen LogP contribution in [0.2, 0.25) is 0 Å². The van der Waals surface area contributed by atoms with E-state index in [2.05, 4.69) is 0 Å². The summed E-state index contributed by atoms with van der Waals surface area (Å²) in [5, 5.41) is 24.6. The highest BCUT2D eigenvalue weighted by atomic mass is 16.7. The van der Waals surface area contributed by atoms with Crippen molar-refractivity contribution >= 4 is 33.2 Å². The van der Waals surface area contributed by atoms with Crippen molar-refractivity contribution in [2.75, 3.05) is 11.7 Å². The Bertz CT molecular complexity index is 1140. The third-order valence-electron chi connectivity index (χ3n) is 4.65. The van der Waals surface area contributed by atoms with Gasteiger partial charge in [0.1, 0.15) is 0 Å². The standard InChI is InChI=1S/C23H19NO4/c25-15-22(23(26)27)24(20-11-9-16-5-1-3-7-18(16)13-20)28-21-12-10-17-6-2-4-8-19(17)14-21/h1-14,22,25H,15H2,(H,26,27)/t22-/m0/s1. The van der Waals surface area contributed by atoms with Crippen LogP contribution in [0.15, 0.2) is 84.9 Å². The molecule has 0 aliphatic carbocycles. The highest BCUT2D eigenvalue weighted by Crippen LogP contribution is 2.27. The Kier molecular flexibility index (Phi) is 4.83. The van der Waals surface area contributed by atoms with Gasteiger partial charge in [0, 0.05) is 0 Å². The summed E-state index contributed by atoms with van der Waals surface area (Å²) < 4.78 is 0. The first-order chi connectivity index (χ1) is 13.7. The van der Waals surface area contributed by atoms with E-state index < -0.39 is 18.6 Å². The minimum absolute atomic E-state index is 0.492. The maximum Gasteiger partial charge on any atom is 0.332 e. The summed E-state index contributed by atoms with van der Waals surface area (Å²) in [5.41, 5.74) is 0.549. The zero-order valence-corrected chi connectivity index (χ0v) is 15.0. The van der Waals surface area contributed by atoms with Crippen LogP contribution in [0.1, 0.15) is 0 Å². The molecule has 0 aromatic heterocycles. The SMILES string of the molecule is O=C(O)[C@H](CO)N(Oc1ccc2ccccc2c1)c1ccc2ccccc2c1. The van der Waals surface area contributed by atoms with Crippen molar-refractivity contribution in [3.8, 4) is 5.75 Å². The highest BCUT2D eigenvalue weighted by Gasteiger charge is 2.28. The third-order valence-corrected chi connectivity index (χ3v) is 4.65. The first kappa shape index (κ1) is 17.8. The van der Waals surface area contributed by atoms with E-state index in [9.17, 15) is 15.0 Å². The van der Waals surface area contributed by atoms with Crippen molar-refractivity contribution in [1.29, 1.82) is 0 Å². The van der Waals surface area contributed by atoms with Crippen LogP contribution in [-0.2, 0) is 4.79 Å². The number of aliphatic carboxylic acids is 1. The number of benzene rings is 4. The number of carboxylic acids is 1. The fourth-order valence-electron chi connectivity index (χ4n) is 3.20. The summed E-state index contributed by atoms with van der Waals surface area (Å²) in [4.78, 5) is 17.7. The zero-order chi connectivity index (χ0) is 19.5. The lowest BCUT2D eigenvalue weighted by atomic mass is 10.1. The molecular formula is C23H19NO4. The van der Waals surface area contributed by atoms with Gasteiger partial charge in [0.05, 0.1) is 12.3 Å². The lowest BCUT2D eigenvalue weighted by Crippen LogP contribution is -2.46. The number of nitrogens with zero attached hydrogens (tertiary/aromatic N) is 1. The number of carboxylic acid groups (broad SMARTS) is 1.